The van der Waals surface area contributed by atoms with Gasteiger partial charge in [-0.15, -0.1) is 11.3 Å². The van der Waals surface area contributed by atoms with Crippen LogP contribution in [0.1, 0.15) is 29.9 Å². The molecule has 0 amide bonds. The molecule has 2 rings (SSSR count). The van der Waals surface area contributed by atoms with E-state index in [4.69, 9.17) is 14.2 Å². The van der Waals surface area contributed by atoms with Gasteiger partial charge in [0.1, 0.15) is 0 Å². The van der Waals surface area contributed by atoms with Gasteiger partial charge in [-0.3, -0.25) is 9.59 Å². The molecule has 0 N–H and O–H groups in total. The molecule has 124 valence electrons. The summed E-state index contributed by atoms with van der Waals surface area (Å²) in [4.78, 5) is 24.8. The van der Waals surface area contributed by atoms with E-state index < -0.39 is 11.4 Å². The molecular weight excluding hydrogens is 316 g/mol. The maximum atomic E-state index is 12.5. The Labute approximate surface area is 139 Å². The molecule has 5 nitrogen and oxygen atoms in total. The molecule has 0 unspecified atom stereocenters. The second kappa shape index (κ2) is 6.58. The summed E-state index contributed by atoms with van der Waals surface area (Å²) >= 11 is 1.38. The Morgan fingerprint density at radius 1 is 1.04 bits per heavy atom. The number of methoxy groups -OCH3 is 3. The molecule has 0 saturated heterocycles. The average molecular weight is 336 g/mol. The van der Waals surface area contributed by atoms with Crippen molar-refractivity contribution in [1.82, 2.24) is 0 Å². The third-order valence-electron chi connectivity index (χ3n) is 3.64. The van der Waals surface area contributed by atoms with E-state index in [9.17, 15) is 9.59 Å². The summed E-state index contributed by atoms with van der Waals surface area (Å²) in [7, 11) is 4.47. The Kier molecular flexibility index (Phi) is 4.94. The summed E-state index contributed by atoms with van der Waals surface area (Å²) < 4.78 is 16.2. The van der Waals surface area contributed by atoms with Crippen LogP contribution in [-0.4, -0.2) is 33.1 Å². The molecule has 0 aliphatic carbocycles. The maximum Gasteiger partial charge on any atom is 0.311 e. The summed E-state index contributed by atoms with van der Waals surface area (Å²) in [6.45, 7) is 3.41. The Balaban J connectivity index is 2.33. The number of hydrogen-bond donors (Lipinski definition) is 0. The number of Topliss-reactive ketones (excluding diaryl/α,β-unsaturated/α-hetero) is 1. The number of rotatable bonds is 6. The van der Waals surface area contributed by atoms with Gasteiger partial charge in [0.25, 0.3) is 0 Å². The predicted octanol–water partition coefficient (Wildman–Crippen LogP) is 3.69. The molecule has 0 bridgehead atoms. The van der Waals surface area contributed by atoms with Crippen molar-refractivity contribution in [3.05, 3.63) is 23.1 Å². The number of thiophene rings is 1. The molecule has 23 heavy (non-hydrogen) atoms. The van der Waals surface area contributed by atoms with Crippen LogP contribution in [0.2, 0.25) is 0 Å². The molecule has 2 aromatic rings. The van der Waals surface area contributed by atoms with Gasteiger partial charge < -0.3 is 14.2 Å². The fourth-order valence-electron chi connectivity index (χ4n) is 2.34. The lowest BCUT2D eigenvalue weighted by molar-refractivity contribution is -0.150. The van der Waals surface area contributed by atoms with Gasteiger partial charge in [-0.2, -0.15) is 0 Å². The average Bonchev–Trinajstić information content (AvgIpc) is 2.94. The van der Waals surface area contributed by atoms with Crippen molar-refractivity contribution in [3.8, 4) is 11.5 Å². The molecule has 6 heteroatoms. The fourth-order valence-corrected chi connectivity index (χ4v) is 3.35. The van der Waals surface area contributed by atoms with Crippen LogP contribution in [0.15, 0.2) is 18.2 Å². The maximum absolute atomic E-state index is 12.5. The SMILES string of the molecule is COC(=O)C(C)(C)CC(=O)c1cc2cc(OC)c(OC)cc2s1. The minimum atomic E-state index is -0.850. The standard InChI is InChI=1S/C17H20O5S/c1-17(2,16(19)22-5)9-11(18)15-7-10-6-12(20-3)13(21-4)8-14(10)23-15/h6-8H,9H2,1-5H3. The summed E-state index contributed by atoms with van der Waals surface area (Å²) in [6.07, 6.45) is 0.0980. The number of fused-ring (bicyclic) bond motifs is 1. The van der Waals surface area contributed by atoms with Crippen molar-refractivity contribution < 1.29 is 23.8 Å². The lowest BCUT2D eigenvalue weighted by Crippen LogP contribution is -2.28. The van der Waals surface area contributed by atoms with E-state index in [-0.39, 0.29) is 12.2 Å². The Morgan fingerprint density at radius 2 is 1.65 bits per heavy atom. The van der Waals surface area contributed by atoms with E-state index in [0.29, 0.717) is 16.4 Å². The zero-order chi connectivity index (χ0) is 17.2. The minimum Gasteiger partial charge on any atom is -0.493 e. The van der Waals surface area contributed by atoms with Gasteiger partial charge in [0.05, 0.1) is 31.6 Å². The van der Waals surface area contributed by atoms with Crippen molar-refractivity contribution >= 4 is 33.2 Å². The highest BCUT2D eigenvalue weighted by molar-refractivity contribution is 7.20. The first-order valence-corrected chi connectivity index (χ1v) is 7.91. The molecule has 0 radical (unpaired) electrons. The molecule has 0 fully saturated rings. The first-order chi connectivity index (χ1) is 10.8. The van der Waals surface area contributed by atoms with Gasteiger partial charge in [-0.1, -0.05) is 0 Å². The van der Waals surface area contributed by atoms with E-state index >= 15 is 0 Å². The number of esters is 1. The zero-order valence-corrected chi connectivity index (χ0v) is 14.7. The predicted molar refractivity (Wildman–Crippen MR) is 89.7 cm³/mol. The Morgan fingerprint density at radius 3 is 2.22 bits per heavy atom. The fraction of sp³-hybridized carbons (Fsp3) is 0.412. The van der Waals surface area contributed by atoms with Gasteiger partial charge in [-0.25, -0.2) is 0 Å². The van der Waals surface area contributed by atoms with Crippen LogP contribution in [0, 0.1) is 5.41 Å². The third-order valence-corrected chi connectivity index (χ3v) is 4.78. The molecule has 0 saturated carbocycles. The molecule has 0 aliphatic rings. The van der Waals surface area contributed by atoms with Crippen LogP contribution in [0.4, 0.5) is 0 Å². The van der Waals surface area contributed by atoms with Crippen molar-refractivity contribution in [2.24, 2.45) is 5.41 Å². The zero-order valence-electron chi connectivity index (χ0n) is 13.9. The van der Waals surface area contributed by atoms with Crippen LogP contribution >= 0.6 is 11.3 Å². The van der Waals surface area contributed by atoms with E-state index in [1.165, 1.54) is 18.4 Å². The van der Waals surface area contributed by atoms with Crippen molar-refractivity contribution in [3.63, 3.8) is 0 Å². The van der Waals surface area contributed by atoms with E-state index in [1.54, 1.807) is 28.1 Å². The van der Waals surface area contributed by atoms with Crippen LogP contribution < -0.4 is 9.47 Å². The molecule has 0 spiro atoms. The highest BCUT2D eigenvalue weighted by Crippen LogP contribution is 2.37. The normalized spacial score (nSPS) is 11.3. The van der Waals surface area contributed by atoms with Gasteiger partial charge in [0.15, 0.2) is 17.3 Å². The van der Waals surface area contributed by atoms with Crippen LogP contribution in [0.3, 0.4) is 0 Å². The summed E-state index contributed by atoms with van der Waals surface area (Å²) in [5.74, 6) is 0.761. The van der Waals surface area contributed by atoms with Gasteiger partial charge in [-0.05, 0) is 31.4 Å². The number of hydrogen-bond acceptors (Lipinski definition) is 6. The number of ether oxygens (including phenoxy) is 3. The minimum absolute atomic E-state index is 0.0838. The number of ketones is 1. The van der Waals surface area contributed by atoms with E-state index in [1.807, 2.05) is 18.2 Å². The Bertz CT molecular complexity index is 704. The molecule has 0 aliphatic heterocycles. The molecular formula is C17H20O5S. The second-order valence-electron chi connectivity index (χ2n) is 5.83. The molecule has 1 heterocycles. The van der Waals surface area contributed by atoms with Crippen molar-refractivity contribution in [2.75, 3.05) is 21.3 Å². The largest absolute Gasteiger partial charge is 0.493 e. The summed E-state index contributed by atoms with van der Waals surface area (Å²) in [6, 6.07) is 5.51. The van der Waals surface area contributed by atoms with E-state index in [2.05, 4.69) is 0 Å². The van der Waals surface area contributed by atoms with Gasteiger partial charge >= 0.3 is 5.97 Å². The quantitative estimate of drug-likeness (QED) is 0.595. The first-order valence-electron chi connectivity index (χ1n) is 7.09. The number of carbonyl (C=O) groups excluding carboxylic acids is 2. The van der Waals surface area contributed by atoms with Crippen molar-refractivity contribution in [2.45, 2.75) is 20.3 Å². The van der Waals surface area contributed by atoms with Gasteiger partial charge in [0, 0.05) is 17.2 Å². The summed E-state index contributed by atoms with van der Waals surface area (Å²) in [5, 5.41) is 0.909. The monoisotopic (exact) mass is 336 g/mol. The lowest BCUT2D eigenvalue weighted by atomic mass is 9.87. The van der Waals surface area contributed by atoms with Crippen LogP contribution in [-0.2, 0) is 9.53 Å². The summed E-state index contributed by atoms with van der Waals surface area (Å²) in [5.41, 5.74) is -0.850. The van der Waals surface area contributed by atoms with Crippen molar-refractivity contribution in [1.29, 1.82) is 0 Å². The van der Waals surface area contributed by atoms with Crippen LogP contribution in [0.5, 0.6) is 11.5 Å². The topological polar surface area (TPSA) is 61.8 Å². The molecule has 0 atom stereocenters. The van der Waals surface area contributed by atoms with E-state index in [0.717, 1.165) is 10.1 Å². The lowest BCUT2D eigenvalue weighted by Gasteiger charge is -2.19. The van der Waals surface area contributed by atoms with Gasteiger partial charge in [0.2, 0.25) is 0 Å². The number of carbonyl (C=O) groups is 2. The first kappa shape index (κ1) is 17.3. The molecule has 1 aromatic heterocycles. The smallest absolute Gasteiger partial charge is 0.311 e. The van der Waals surface area contributed by atoms with Crippen LogP contribution in [0.25, 0.3) is 10.1 Å². The highest BCUT2D eigenvalue weighted by atomic mass is 32.1. The number of benzene rings is 1. The second-order valence-corrected chi connectivity index (χ2v) is 6.91. The Hall–Kier alpha value is -2.08. The third kappa shape index (κ3) is 3.47. The highest BCUT2D eigenvalue weighted by Gasteiger charge is 2.32. The molecule has 1 aromatic carbocycles.